The number of methoxy groups -OCH3 is 1. The van der Waals surface area contributed by atoms with Crippen molar-refractivity contribution in [1.29, 1.82) is 0 Å². The van der Waals surface area contributed by atoms with E-state index in [9.17, 15) is 9.59 Å². The molecule has 2 rings (SSSR count). The molecule has 0 atom stereocenters. The van der Waals surface area contributed by atoms with Crippen LogP contribution in [-0.2, 0) is 9.59 Å². The van der Waals surface area contributed by atoms with Crippen molar-refractivity contribution < 1.29 is 14.3 Å². The van der Waals surface area contributed by atoms with E-state index in [1.54, 1.807) is 38.4 Å². The molecule has 0 unspecified atom stereocenters. The summed E-state index contributed by atoms with van der Waals surface area (Å²) in [5, 5.41) is 5.68. The standard InChI is InChI=1S/C20H21N3O3S/c1-14(24)23(2)17-6-4-5-16(13-17)21-20(27)22-19(25)12-9-15-7-10-18(26-3)11-8-15/h4-13H,1-3H3,(H2,21,22,25,27)/b12-9+. The second-order valence-electron chi connectivity index (χ2n) is 5.68. The van der Waals surface area contributed by atoms with Gasteiger partial charge in [0.05, 0.1) is 7.11 Å². The Morgan fingerprint density at radius 2 is 1.85 bits per heavy atom. The van der Waals surface area contributed by atoms with Gasteiger partial charge in [-0.2, -0.15) is 0 Å². The van der Waals surface area contributed by atoms with E-state index >= 15 is 0 Å². The summed E-state index contributed by atoms with van der Waals surface area (Å²) in [6, 6.07) is 14.5. The molecular formula is C20H21N3O3S. The highest BCUT2D eigenvalue weighted by molar-refractivity contribution is 7.80. The van der Waals surface area contributed by atoms with E-state index in [2.05, 4.69) is 10.6 Å². The largest absolute Gasteiger partial charge is 0.497 e. The molecule has 2 amide bonds. The zero-order valence-corrected chi connectivity index (χ0v) is 16.2. The number of ether oxygens (including phenoxy) is 1. The van der Waals surface area contributed by atoms with Crippen molar-refractivity contribution in [1.82, 2.24) is 5.32 Å². The molecule has 2 N–H and O–H groups in total. The van der Waals surface area contributed by atoms with Gasteiger partial charge >= 0.3 is 0 Å². The van der Waals surface area contributed by atoms with Gasteiger partial charge in [-0.15, -0.1) is 0 Å². The molecule has 0 aliphatic rings. The van der Waals surface area contributed by atoms with Crippen LogP contribution in [0.4, 0.5) is 11.4 Å². The number of nitrogens with one attached hydrogen (secondary N) is 2. The Morgan fingerprint density at radius 3 is 2.48 bits per heavy atom. The van der Waals surface area contributed by atoms with Crippen molar-refractivity contribution in [2.75, 3.05) is 24.4 Å². The van der Waals surface area contributed by atoms with Crippen LogP contribution >= 0.6 is 12.2 Å². The summed E-state index contributed by atoms with van der Waals surface area (Å²) in [7, 11) is 3.28. The SMILES string of the molecule is COc1ccc(/C=C/C(=O)NC(=S)Nc2cccc(N(C)C(C)=O)c2)cc1. The Kier molecular flexibility index (Phi) is 7.08. The Labute approximate surface area is 163 Å². The molecule has 0 radical (unpaired) electrons. The van der Waals surface area contributed by atoms with E-state index in [4.69, 9.17) is 17.0 Å². The zero-order valence-electron chi connectivity index (χ0n) is 15.4. The van der Waals surface area contributed by atoms with Crippen molar-refractivity contribution in [3.63, 3.8) is 0 Å². The van der Waals surface area contributed by atoms with Crippen molar-refractivity contribution >= 4 is 46.6 Å². The number of anilines is 2. The summed E-state index contributed by atoms with van der Waals surface area (Å²) in [5.74, 6) is 0.326. The van der Waals surface area contributed by atoms with Gasteiger partial charge in [-0.1, -0.05) is 18.2 Å². The quantitative estimate of drug-likeness (QED) is 0.613. The average Bonchev–Trinajstić information content (AvgIpc) is 2.66. The summed E-state index contributed by atoms with van der Waals surface area (Å²) >= 11 is 5.16. The van der Waals surface area contributed by atoms with Crippen LogP contribution in [0.2, 0.25) is 0 Å². The topological polar surface area (TPSA) is 70.7 Å². The first-order valence-electron chi connectivity index (χ1n) is 8.17. The Morgan fingerprint density at radius 1 is 1.15 bits per heavy atom. The molecule has 0 saturated carbocycles. The first-order chi connectivity index (χ1) is 12.9. The lowest BCUT2D eigenvalue weighted by atomic mass is 10.2. The summed E-state index contributed by atoms with van der Waals surface area (Å²) in [6.07, 6.45) is 3.08. The lowest BCUT2D eigenvalue weighted by Crippen LogP contribution is -2.32. The second kappa shape index (κ2) is 9.49. The van der Waals surface area contributed by atoms with Crippen LogP contribution in [0.25, 0.3) is 6.08 Å². The fourth-order valence-electron chi connectivity index (χ4n) is 2.18. The van der Waals surface area contributed by atoms with Crippen LogP contribution in [0.15, 0.2) is 54.6 Å². The second-order valence-corrected chi connectivity index (χ2v) is 6.09. The Bertz CT molecular complexity index is 863. The first kappa shape index (κ1) is 20.1. The van der Waals surface area contributed by atoms with E-state index in [0.29, 0.717) is 5.69 Å². The minimum absolute atomic E-state index is 0.0771. The minimum Gasteiger partial charge on any atom is -0.497 e. The lowest BCUT2D eigenvalue weighted by Gasteiger charge is -2.16. The molecule has 2 aromatic carbocycles. The van der Waals surface area contributed by atoms with Gasteiger partial charge < -0.3 is 15.0 Å². The number of hydrogen-bond donors (Lipinski definition) is 2. The van der Waals surface area contributed by atoms with Crippen LogP contribution in [0, 0.1) is 0 Å². The molecule has 7 heteroatoms. The molecule has 0 heterocycles. The van der Waals surface area contributed by atoms with Crippen molar-refractivity contribution in [3.8, 4) is 5.75 Å². The van der Waals surface area contributed by atoms with E-state index in [-0.39, 0.29) is 16.9 Å². The predicted molar refractivity (Wildman–Crippen MR) is 112 cm³/mol. The number of hydrogen-bond acceptors (Lipinski definition) is 4. The average molecular weight is 383 g/mol. The van der Waals surface area contributed by atoms with E-state index < -0.39 is 0 Å². The smallest absolute Gasteiger partial charge is 0.250 e. The number of nitrogens with zero attached hydrogens (tertiary/aromatic N) is 1. The first-order valence-corrected chi connectivity index (χ1v) is 8.58. The molecule has 0 bridgehead atoms. The molecule has 6 nitrogen and oxygen atoms in total. The third-order valence-corrected chi connectivity index (χ3v) is 3.95. The molecule has 0 saturated heterocycles. The van der Waals surface area contributed by atoms with Gasteiger partial charge in [0.2, 0.25) is 11.8 Å². The number of carbonyl (C=O) groups is 2. The van der Waals surface area contributed by atoms with E-state index in [0.717, 1.165) is 17.0 Å². The maximum Gasteiger partial charge on any atom is 0.250 e. The third-order valence-electron chi connectivity index (χ3n) is 3.74. The van der Waals surface area contributed by atoms with Gasteiger partial charge in [0, 0.05) is 31.4 Å². The van der Waals surface area contributed by atoms with Crippen molar-refractivity contribution in [2.45, 2.75) is 6.92 Å². The van der Waals surface area contributed by atoms with Crippen LogP contribution in [0.3, 0.4) is 0 Å². The summed E-state index contributed by atoms with van der Waals surface area (Å²) < 4.78 is 5.09. The zero-order chi connectivity index (χ0) is 19.8. The summed E-state index contributed by atoms with van der Waals surface area (Å²) in [5.41, 5.74) is 2.26. The van der Waals surface area contributed by atoms with Crippen LogP contribution in [0.1, 0.15) is 12.5 Å². The van der Waals surface area contributed by atoms with Crippen LogP contribution in [0.5, 0.6) is 5.75 Å². The molecule has 27 heavy (non-hydrogen) atoms. The highest BCUT2D eigenvalue weighted by atomic mass is 32.1. The molecule has 2 aromatic rings. The molecule has 0 spiro atoms. The molecule has 0 aliphatic heterocycles. The minimum atomic E-state index is -0.347. The molecule has 0 aromatic heterocycles. The van der Waals surface area contributed by atoms with Gasteiger partial charge in [0.25, 0.3) is 0 Å². The van der Waals surface area contributed by atoms with Crippen LogP contribution < -0.4 is 20.3 Å². The van der Waals surface area contributed by atoms with Crippen LogP contribution in [-0.4, -0.2) is 31.1 Å². The van der Waals surface area contributed by atoms with Gasteiger partial charge in [-0.3, -0.25) is 14.9 Å². The molecular weight excluding hydrogens is 362 g/mol. The van der Waals surface area contributed by atoms with Gasteiger partial charge in [0.1, 0.15) is 5.75 Å². The number of rotatable bonds is 5. The highest BCUT2D eigenvalue weighted by Crippen LogP contribution is 2.18. The van der Waals surface area contributed by atoms with E-state index in [1.165, 1.54) is 17.9 Å². The maximum absolute atomic E-state index is 12.0. The Balaban J connectivity index is 1.92. The number of amides is 2. The fraction of sp³-hybridized carbons (Fsp3) is 0.150. The monoisotopic (exact) mass is 383 g/mol. The van der Waals surface area contributed by atoms with Gasteiger partial charge in [0.15, 0.2) is 5.11 Å². The van der Waals surface area contributed by atoms with Gasteiger partial charge in [-0.05, 0) is 54.2 Å². The predicted octanol–water partition coefficient (Wildman–Crippen LogP) is 3.20. The van der Waals surface area contributed by atoms with E-state index in [1.807, 2.05) is 30.3 Å². The Hall–Kier alpha value is -3.19. The maximum atomic E-state index is 12.0. The van der Waals surface area contributed by atoms with Crippen molar-refractivity contribution in [3.05, 3.63) is 60.2 Å². The van der Waals surface area contributed by atoms with Gasteiger partial charge in [-0.25, -0.2) is 0 Å². The molecule has 0 aliphatic carbocycles. The summed E-state index contributed by atoms with van der Waals surface area (Å²) in [6.45, 7) is 1.49. The normalized spacial score (nSPS) is 10.3. The molecule has 0 fully saturated rings. The lowest BCUT2D eigenvalue weighted by molar-refractivity contribution is -0.116. The third kappa shape index (κ3) is 6.23. The highest BCUT2D eigenvalue weighted by Gasteiger charge is 2.07. The number of benzene rings is 2. The van der Waals surface area contributed by atoms with Crippen molar-refractivity contribution in [2.24, 2.45) is 0 Å². The summed E-state index contributed by atoms with van der Waals surface area (Å²) in [4.78, 5) is 25.0. The fourth-order valence-corrected chi connectivity index (χ4v) is 2.40. The molecule has 140 valence electrons. The number of thiocarbonyl (C=S) groups is 1. The number of carbonyl (C=O) groups excluding carboxylic acids is 2.